The summed E-state index contributed by atoms with van der Waals surface area (Å²) in [7, 11) is -2.17. The van der Waals surface area contributed by atoms with Gasteiger partial charge in [0.1, 0.15) is 10.7 Å². The standard InChI is InChI=1S/C17H15ClFN3O2S/c1-20-9-12-7-17(15-5-4-13(18)8-16(15)19)22(11-12)25(23,24)14-3-2-6-21-10-14/h2-8,10-11,20H,9H2,1H3. The van der Waals surface area contributed by atoms with E-state index in [2.05, 4.69) is 10.3 Å². The van der Waals surface area contributed by atoms with Crippen molar-refractivity contribution >= 4 is 21.6 Å². The van der Waals surface area contributed by atoms with E-state index in [0.717, 1.165) is 10.0 Å². The first kappa shape index (κ1) is 17.6. The van der Waals surface area contributed by atoms with Gasteiger partial charge in [0.2, 0.25) is 0 Å². The first-order valence-corrected chi connectivity index (χ1v) is 9.22. The number of hydrogen-bond donors (Lipinski definition) is 1. The maximum Gasteiger partial charge on any atom is 0.269 e. The van der Waals surface area contributed by atoms with Gasteiger partial charge in [-0.2, -0.15) is 0 Å². The molecule has 2 aromatic heterocycles. The van der Waals surface area contributed by atoms with Crippen LogP contribution in [0, 0.1) is 5.82 Å². The van der Waals surface area contributed by atoms with Crippen LogP contribution in [-0.2, 0) is 16.6 Å². The van der Waals surface area contributed by atoms with Crippen molar-refractivity contribution in [2.75, 3.05) is 7.05 Å². The van der Waals surface area contributed by atoms with Crippen molar-refractivity contribution in [2.45, 2.75) is 11.4 Å². The van der Waals surface area contributed by atoms with Crippen LogP contribution in [0.15, 0.2) is 59.9 Å². The summed E-state index contributed by atoms with van der Waals surface area (Å²) in [6, 6.07) is 8.76. The summed E-state index contributed by atoms with van der Waals surface area (Å²) in [5.41, 5.74) is 1.09. The zero-order chi connectivity index (χ0) is 18.0. The molecule has 0 amide bonds. The molecule has 0 fully saturated rings. The number of nitrogens with one attached hydrogen (secondary N) is 1. The number of pyridine rings is 1. The molecule has 0 saturated carbocycles. The van der Waals surface area contributed by atoms with Crippen LogP contribution in [0.4, 0.5) is 4.39 Å². The molecule has 0 atom stereocenters. The van der Waals surface area contributed by atoms with E-state index in [1.54, 1.807) is 13.1 Å². The van der Waals surface area contributed by atoms with Gasteiger partial charge in [-0.1, -0.05) is 11.6 Å². The molecule has 0 aliphatic carbocycles. The van der Waals surface area contributed by atoms with Crippen LogP contribution in [-0.4, -0.2) is 24.4 Å². The Morgan fingerprint density at radius 3 is 2.72 bits per heavy atom. The number of benzene rings is 1. The molecule has 1 N–H and O–H groups in total. The first-order chi connectivity index (χ1) is 11.9. The van der Waals surface area contributed by atoms with Crippen LogP contribution < -0.4 is 5.32 Å². The Morgan fingerprint density at radius 1 is 1.28 bits per heavy atom. The van der Waals surface area contributed by atoms with E-state index in [0.29, 0.717) is 12.1 Å². The summed E-state index contributed by atoms with van der Waals surface area (Å²) in [6.45, 7) is 0.442. The highest BCUT2D eigenvalue weighted by Gasteiger charge is 2.23. The van der Waals surface area contributed by atoms with Gasteiger partial charge in [0, 0.05) is 35.7 Å². The van der Waals surface area contributed by atoms with E-state index in [1.807, 2.05) is 0 Å². The fraction of sp³-hybridized carbons (Fsp3) is 0.118. The van der Waals surface area contributed by atoms with Gasteiger partial charge < -0.3 is 5.32 Å². The summed E-state index contributed by atoms with van der Waals surface area (Å²) < 4.78 is 41.4. The maximum atomic E-state index is 14.4. The molecule has 0 spiro atoms. The molecular formula is C17H15ClFN3O2S. The van der Waals surface area contributed by atoms with E-state index in [4.69, 9.17) is 11.6 Å². The van der Waals surface area contributed by atoms with Crippen molar-refractivity contribution in [2.24, 2.45) is 0 Å². The van der Waals surface area contributed by atoms with Gasteiger partial charge >= 0.3 is 0 Å². The summed E-state index contributed by atoms with van der Waals surface area (Å²) in [4.78, 5) is 3.88. The van der Waals surface area contributed by atoms with Gasteiger partial charge in [0.25, 0.3) is 10.0 Å². The monoisotopic (exact) mass is 379 g/mol. The fourth-order valence-corrected chi connectivity index (χ4v) is 4.02. The Balaban J connectivity index is 2.23. The quantitative estimate of drug-likeness (QED) is 0.738. The molecule has 8 heteroatoms. The van der Waals surface area contributed by atoms with E-state index >= 15 is 0 Å². The number of hydrogen-bond acceptors (Lipinski definition) is 4. The fourth-order valence-electron chi connectivity index (χ4n) is 2.50. The topological polar surface area (TPSA) is 64.0 Å². The minimum Gasteiger partial charge on any atom is -0.316 e. The van der Waals surface area contributed by atoms with Gasteiger partial charge in [0.15, 0.2) is 0 Å². The van der Waals surface area contributed by atoms with Crippen LogP contribution in [0.1, 0.15) is 5.56 Å². The summed E-state index contributed by atoms with van der Waals surface area (Å²) in [5, 5.41) is 3.20. The van der Waals surface area contributed by atoms with Gasteiger partial charge in [-0.05, 0) is 49.0 Å². The third-order valence-corrected chi connectivity index (χ3v) is 5.51. The van der Waals surface area contributed by atoms with Crippen LogP contribution >= 0.6 is 11.6 Å². The van der Waals surface area contributed by atoms with Crippen molar-refractivity contribution in [1.82, 2.24) is 14.3 Å². The maximum absolute atomic E-state index is 14.4. The molecule has 0 unspecified atom stereocenters. The summed E-state index contributed by atoms with van der Waals surface area (Å²) in [5.74, 6) is -0.593. The molecule has 0 aliphatic heterocycles. The van der Waals surface area contributed by atoms with Gasteiger partial charge in [-0.15, -0.1) is 0 Å². The summed E-state index contributed by atoms with van der Waals surface area (Å²) in [6.07, 6.45) is 4.22. The zero-order valence-corrected chi connectivity index (χ0v) is 14.9. The molecule has 0 aliphatic rings. The second-order valence-electron chi connectivity index (χ2n) is 5.38. The lowest BCUT2D eigenvalue weighted by Gasteiger charge is -2.11. The first-order valence-electron chi connectivity index (χ1n) is 7.40. The predicted molar refractivity (Wildman–Crippen MR) is 94.4 cm³/mol. The van der Waals surface area contributed by atoms with Crippen molar-refractivity contribution in [3.05, 3.63) is 71.4 Å². The molecule has 0 radical (unpaired) electrons. The van der Waals surface area contributed by atoms with Gasteiger partial charge in [0.05, 0.1) is 5.69 Å². The molecule has 0 saturated heterocycles. The Morgan fingerprint density at radius 2 is 2.08 bits per heavy atom. The largest absolute Gasteiger partial charge is 0.316 e. The van der Waals surface area contributed by atoms with Gasteiger partial charge in [-0.25, -0.2) is 16.8 Å². The van der Waals surface area contributed by atoms with Crippen molar-refractivity contribution in [3.8, 4) is 11.3 Å². The number of halogens is 2. The van der Waals surface area contributed by atoms with Crippen LogP contribution in [0.5, 0.6) is 0 Å². The smallest absolute Gasteiger partial charge is 0.269 e. The lowest BCUT2D eigenvalue weighted by atomic mass is 10.1. The zero-order valence-electron chi connectivity index (χ0n) is 13.3. The molecule has 130 valence electrons. The minimum absolute atomic E-state index is 0.0252. The normalized spacial score (nSPS) is 11.6. The molecule has 5 nitrogen and oxygen atoms in total. The molecule has 25 heavy (non-hydrogen) atoms. The van der Waals surface area contributed by atoms with E-state index < -0.39 is 15.8 Å². The Kier molecular flexibility index (Phi) is 4.89. The summed E-state index contributed by atoms with van der Waals surface area (Å²) >= 11 is 5.80. The highest BCUT2D eigenvalue weighted by molar-refractivity contribution is 7.90. The average molecular weight is 380 g/mol. The highest BCUT2D eigenvalue weighted by atomic mass is 35.5. The SMILES string of the molecule is CNCc1cc(-c2ccc(Cl)cc2F)n(S(=O)(=O)c2cccnc2)c1. The van der Waals surface area contributed by atoms with E-state index in [9.17, 15) is 12.8 Å². The van der Waals surface area contributed by atoms with Crippen LogP contribution in [0.25, 0.3) is 11.3 Å². The van der Waals surface area contributed by atoms with E-state index in [-0.39, 0.29) is 21.2 Å². The number of aromatic nitrogens is 2. The van der Waals surface area contributed by atoms with Crippen molar-refractivity contribution in [1.29, 1.82) is 0 Å². The van der Waals surface area contributed by atoms with Crippen molar-refractivity contribution in [3.63, 3.8) is 0 Å². The van der Waals surface area contributed by atoms with Crippen LogP contribution in [0.2, 0.25) is 5.02 Å². The predicted octanol–water partition coefficient (Wildman–Crippen LogP) is 3.30. The lowest BCUT2D eigenvalue weighted by Crippen LogP contribution is -2.14. The van der Waals surface area contributed by atoms with Gasteiger partial charge in [-0.3, -0.25) is 4.98 Å². The number of rotatable bonds is 5. The third kappa shape index (κ3) is 3.44. The molecule has 2 heterocycles. The molecule has 0 bridgehead atoms. The van der Waals surface area contributed by atoms with E-state index in [1.165, 1.54) is 42.9 Å². The lowest BCUT2D eigenvalue weighted by molar-refractivity contribution is 0.587. The highest BCUT2D eigenvalue weighted by Crippen LogP contribution is 2.30. The third-order valence-electron chi connectivity index (χ3n) is 3.62. The molecule has 3 aromatic rings. The Bertz CT molecular complexity index is 1000. The Hall–Kier alpha value is -2.22. The number of nitrogens with zero attached hydrogens (tertiary/aromatic N) is 2. The molecule has 1 aromatic carbocycles. The molecule has 3 rings (SSSR count). The second-order valence-corrected chi connectivity index (χ2v) is 7.63. The Labute approximate surface area is 150 Å². The van der Waals surface area contributed by atoms with Crippen molar-refractivity contribution < 1.29 is 12.8 Å². The second kappa shape index (κ2) is 6.95. The molecular weight excluding hydrogens is 365 g/mol. The minimum atomic E-state index is -3.92. The average Bonchev–Trinajstić information content (AvgIpc) is 3.00. The van der Waals surface area contributed by atoms with Crippen LogP contribution in [0.3, 0.4) is 0 Å².